The van der Waals surface area contributed by atoms with Crippen LogP contribution in [0.25, 0.3) is 10.8 Å². The van der Waals surface area contributed by atoms with E-state index in [1.54, 1.807) is 0 Å². The Morgan fingerprint density at radius 2 is 1.81 bits per heavy atom. The van der Waals surface area contributed by atoms with Crippen LogP contribution in [0, 0.1) is 5.92 Å². The molecule has 3 amide bonds. The number of carbonyl (C=O) groups excluding carboxylic acids is 2. The van der Waals surface area contributed by atoms with Crippen LogP contribution in [-0.4, -0.2) is 24.0 Å². The van der Waals surface area contributed by atoms with Crippen molar-refractivity contribution < 1.29 is 9.59 Å². The van der Waals surface area contributed by atoms with Gasteiger partial charge in [-0.3, -0.25) is 4.79 Å². The predicted molar refractivity (Wildman–Crippen MR) is 104 cm³/mol. The van der Waals surface area contributed by atoms with Crippen LogP contribution < -0.4 is 16.4 Å². The summed E-state index contributed by atoms with van der Waals surface area (Å²) in [7, 11) is 0. The van der Waals surface area contributed by atoms with Gasteiger partial charge in [-0.15, -0.1) is 0 Å². The highest BCUT2D eigenvalue weighted by molar-refractivity contribution is 5.90. The zero-order valence-corrected chi connectivity index (χ0v) is 15.3. The van der Waals surface area contributed by atoms with Gasteiger partial charge in [-0.25, -0.2) is 4.79 Å². The number of carbonyl (C=O) groups is 2. The van der Waals surface area contributed by atoms with Gasteiger partial charge in [0.2, 0.25) is 5.91 Å². The summed E-state index contributed by atoms with van der Waals surface area (Å²) in [5, 5.41) is 8.20. The molecular formula is C21H27N3O2. The second kappa shape index (κ2) is 7.77. The standard InChI is InChI=1S/C21H27N3O2/c1-15(13-17-9-6-8-16-7-2-3-10-18(16)17)14-23-20(26)24-21(19(22)25)11-4-5-12-21/h2-3,6-10,15H,4-5,11-14H2,1H3,(H2,22,25)(H2,23,24,26)/t15-/m0/s1. The molecular weight excluding hydrogens is 326 g/mol. The molecule has 0 radical (unpaired) electrons. The molecule has 5 nitrogen and oxygen atoms in total. The molecule has 0 heterocycles. The third-order valence-electron chi connectivity index (χ3n) is 5.34. The zero-order chi connectivity index (χ0) is 18.6. The van der Waals surface area contributed by atoms with E-state index in [4.69, 9.17) is 5.73 Å². The van der Waals surface area contributed by atoms with Crippen LogP contribution in [-0.2, 0) is 11.2 Å². The Morgan fingerprint density at radius 3 is 2.54 bits per heavy atom. The monoisotopic (exact) mass is 353 g/mol. The number of amides is 3. The fourth-order valence-electron chi connectivity index (χ4n) is 3.86. The van der Waals surface area contributed by atoms with Gasteiger partial charge >= 0.3 is 6.03 Å². The quantitative estimate of drug-likeness (QED) is 0.745. The van der Waals surface area contributed by atoms with Crippen molar-refractivity contribution in [3.8, 4) is 0 Å². The molecule has 2 aromatic carbocycles. The Labute approximate surface area is 154 Å². The van der Waals surface area contributed by atoms with Crippen LogP contribution in [0.15, 0.2) is 42.5 Å². The lowest BCUT2D eigenvalue weighted by molar-refractivity contribution is -0.123. The summed E-state index contributed by atoms with van der Waals surface area (Å²) in [6.45, 7) is 2.66. The van der Waals surface area contributed by atoms with E-state index in [2.05, 4.69) is 47.9 Å². The van der Waals surface area contributed by atoms with E-state index in [1.165, 1.54) is 16.3 Å². The minimum Gasteiger partial charge on any atom is -0.368 e. The van der Waals surface area contributed by atoms with Crippen molar-refractivity contribution in [2.24, 2.45) is 11.7 Å². The number of hydrogen-bond donors (Lipinski definition) is 3. The maximum Gasteiger partial charge on any atom is 0.315 e. The summed E-state index contributed by atoms with van der Waals surface area (Å²) in [6.07, 6.45) is 3.96. The fourth-order valence-corrected chi connectivity index (χ4v) is 3.86. The van der Waals surface area contributed by atoms with E-state index in [0.29, 0.717) is 19.4 Å². The highest BCUT2D eigenvalue weighted by Gasteiger charge is 2.40. The van der Waals surface area contributed by atoms with E-state index < -0.39 is 11.4 Å². The topological polar surface area (TPSA) is 84.2 Å². The lowest BCUT2D eigenvalue weighted by Crippen LogP contribution is -2.58. The second-order valence-corrected chi connectivity index (χ2v) is 7.44. The Kier molecular flexibility index (Phi) is 5.45. The first-order valence-corrected chi connectivity index (χ1v) is 9.33. The normalized spacial score (nSPS) is 17.0. The average molecular weight is 353 g/mol. The van der Waals surface area contributed by atoms with Crippen molar-refractivity contribution in [2.75, 3.05) is 6.54 Å². The average Bonchev–Trinajstić information content (AvgIpc) is 3.10. The van der Waals surface area contributed by atoms with Gasteiger partial charge in [-0.1, -0.05) is 62.2 Å². The predicted octanol–water partition coefficient (Wildman–Crippen LogP) is 3.12. The first-order valence-electron chi connectivity index (χ1n) is 9.33. The van der Waals surface area contributed by atoms with Gasteiger partial charge < -0.3 is 16.4 Å². The number of urea groups is 1. The lowest BCUT2D eigenvalue weighted by atomic mass is 9.96. The highest BCUT2D eigenvalue weighted by atomic mass is 16.2. The SMILES string of the molecule is C[C@H](CNC(=O)NC1(C(N)=O)CCCC1)Cc1cccc2ccccc12. The molecule has 0 unspecified atom stereocenters. The zero-order valence-electron chi connectivity index (χ0n) is 15.3. The maximum absolute atomic E-state index is 12.2. The van der Waals surface area contributed by atoms with Crippen molar-refractivity contribution >= 4 is 22.7 Å². The summed E-state index contributed by atoms with van der Waals surface area (Å²) in [5.74, 6) is -0.159. The number of fused-ring (bicyclic) bond motifs is 1. The molecule has 2 aromatic rings. The minimum atomic E-state index is -0.872. The molecule has 5 heteroatoms. The number of benzene rings is 2. The molecule has 1 aliphatic rings. The largest absolute Gasteiger partial charge is 0.368 e. The Balaban J connectivity index is 1.56. The molecule has 1 atom stereocenters. The molecule has 1 fully saturated rings. The summed E-state index contributed by atoms with van der Waals surface area (Å²) in [6, 6.07) is 14.3. The van der Waals surface area contributed by atoms with Gasteiger partial charge in [0, 0.05) is 6.54 Å². The van der Waals surface area contributed by atoms with E-state index in [-0.39, 0.29) is 11.9 Å². The van der Waals surface area contributed by atoms with Crippen molar-refractivity contribution in [2.45, 2.75) is 44.6 Å². The molecule has 1 saturated carbocycles. The molecule has 0 saturated heterocycles. The Morgan fingerprint density at radius 1 is 1.12 bits per heavy atom. The summed E-state index contributed by atoms with van der Waals surface area (Å²) in [4.78, 5) is 24.0. The summed E-state index contributed by atoms with van der Waals surface area (Å²) < 4.78 is 0. The van der Waals surface area contributed by atoms with Crippen molar-refractivity contribution in [3.05, 3.63) is 48.0 Å². The van der Waals surface area contributed by atoms with Gasteiger partial charge in [-0.2, -0.15) is 0 Å². The number of hydrogen-bond acceptors (Lipinski definition) is 2. The third-order valence-corrected chi connectivity index (χ3v) is 5.34. The molecule has 138 valence electrons. The number of nitrogens with one attached hydrogen (secondary N) is 2. The first-order chi connectivity index (χ1) is 12.5. The van der Waals surface area contributed by atoms with Gasteiger partial charge in [0.05, 0.1) is 0 Å². The smallest absolute Gasteiger partial charge is 0.315 e. The molecule has 3 rings (SSSR count). The molecule has 26 heavy (non-hydrogen) atoms. The second-order valence-electron chi connectivity index (χ2n) is 7.44. The van der Waals surface area contributed by atoms with Crippen molar-refractivity contribution in [1.29, 1.82) is 0 Å². The number of nitrogens with two attached hydrogens (primary N) is 1. The van der Waals surface area contributed by atoms with Gasteiger partial charge in [0.15, 0.2) is 0 Å². The van der Waals surface area contributed by atoms with Gasteiger partial charge in [0.1, 0.15) is 5.54 Å². The van der Waals surface area contributed by atoms with Gasteiger partial charge in [-0.05, 0) is 41.5 Å². The third kappa shape index (κ3) is 3.98. The van der Waals surface area contributed by atoms with Crippen LogP contribution in [0.3, 0.4) is 0 Å². The van der Waals surface area contributed by atoms with E-state index in [9.17, 15) is 9.59 Å². The van der Waals surface area contributed by atoms with E-state index in [1.807, 2.05) is 12.1 Å². The maximum atomic E-state index is 12.2. The minimum absolute atomic E-state index is 0.277. The highest BCUT2D eigenvalue weighted by Crippen LogP contribution is 2.29. The van der Waals surface area contributed by atoms with Crippen LogP contribution in [0.4, 0.5) is 4.79 Å². The van der Waals surface area contributed by atoms with Crippen molar-refractivity contribution in [1.82, 2.24) is 10.6 Å². The Bertz CT molecular complexity index is 791. The molecule has 1 aliphatic carbocycles. The van der Waals surface area contributed by atoms with Crippen molar-refractivity contribution in [3.63, 3.8) is 0 Å². The Hall–Kier alpha value is -2.56. The number of rotatable bonds is 6. The summed E-state index contributed by atoms with van der Waals surface area (Å²) in [5.41, 5.74) is 5.92. The van der Waals surface area contributed by atoms with Crippen LogP contribution in [0.5, 0.6) is 0 Å². The molecule has 0 bridgehead atoms. The lowest BCUT2D eigenvalue weighted by Gasteiger charge is -2.27. The van der Waals surface area contributed by atoms with Crippen LogP contribution in [0.2, 0.25) is 0 Å². The van der Waals surface area contributed by atoms with Gasteiger partial charge in [0.25, 0.3) is 0 Å². The van der Waals surface area contributed by atoms with E-state index in [0.717, 1.165) is 19.3 Å². The molecule has 0 aliphatic heterocycles. The molecule has 4 N–H and O–H groups in total. The molecule has 0 aromatic heterocycles. The molecule has 0 spiro atoms. The van der Waals surface area contributed by atoms with E-state index >= 15 is 0 Å². The van der Waals surface area contributed by atoms with Crippen LogP contribution in [0.1, 0.15) is 38.2 Å². The fraction of sp³-hybridized carbons (Fsp3) is 0.429. The number of primary amides is 1. The summed E-state index contributed by atoms with van der Waals surface area (Å²) >= 11 is 0. The van der Waals surface area contributed by atoms with Crippen LogP contribution >= 0.6 is 0 Å². The first kappa shape index (κ1) is 18.2.